The number of amides is 1. The molecule has 0 saturated carbocycles. The maximum absolute atomic E-state index is 12.1. The zero-order valence-electron chi connectivity index (χ0n) is 10.2. The number of rotatable bonds is 4. The Morgan fingerprint density at radius 3 is 2.79 bits per heavy atom. The van der Waals surface area contributed by atoms with Crippen molar-refractivity contribution in [2.24, 2.45) is 0 Å². The van der Waals surface area contributed by atoms with Gasteiger partial charge in [-0.05, 0) is 24.4 Å². The molecule has 0 fully saturated rings. The number of aromatic nitrogens is 2. The number of hydrogen-bond donors (Lipinski definition) is 2. The lowest BCUT2D eigenvalue weighted by Crippen LogP contribution is -2.13. The Labute approximate surface area is 118 Å². The molecular weight excluding hydrogens is 286 g/mol. The Morgan fingerprint density at radius 2 is 2.21 bits per heavy atom. The number of carbonyl (C=O) groups excluding carboxylic acids is 1. The summed E-state index contributed by atoms with van der Waals surface area (Å²) in [4.78, 5) is 12.1. The Balaban J connectivity index is 2.30. The first kappa shape index (κ1) is 13.5. The summed E-state index contributed by atoms with van der Waals surface area (Å²) in [5.74, 6) is 0.528. The minimum absolute atomic E-state index is 0.339. The Hall–Kier alpha value is -1.93. The smallest absolute Gasteiger partial charge is 0.261 e. The van der Waals surface area contributed by atoms with Crippen molar-refractivity contribution in [1.82, 2.24) is 10.2 Å². The highest BCUT2D eigenvalue weighted by Crippen LogP contribution is 2.31. The van der Waals surface area contributed by atoms with Gasteiger partial charge in [-0.3, -0.25) is 15.2 Å². The number of hydrogen-bond acceptors (Lipinski definition) is 6. The van der Waals surface area contributed by atoms with Gasteiger partial charge in [0.1, 0.15) is 0 Å². The fourth-order valence-electron chi connectivity index (χ4n) is 1.51. The number of para-hydroxylation sites is 1. The summed E-state index contributed by atoms with van der Waals surface area (Å²) in [6.07, 6.45) is 0. The van der Waals surface area contributed by atoms with Gasteiger partial charge in [-0.1, -0.05) is 17.4 Å². The van der Waals surface area contributed by atoms with Gasteiger partial charge in [-0.25, -0.2) is 0 Å². The molecule has 0 spiro atoms. The molecule has 2 N–H and O–H groups in total. The van der Waals surface area contributed by atoms with E-state index >= 15 is 0 Å². The number of anilines is 1. The van der Waals surface area contributed by atoms with Gasteiger partial charge in [-0.2, -0.15) is 0 Å². The van der Waals surface area contributed by atoms with E-state index in [1.54, 1.807) is 18.2 Å². The fourth-order valence-corrected chi connectivity index (χ4v) is 2.30. The molecule has 2 aromatic rings. The van der Waals surface area contributed by atoms with Gasteiger partial charge in [0, 0.05) is 0 Å². The molecule has 0 saturated heterocycles. The van der Waals surface area contributed by atoms with Crippen LogP contribution in [-0.4, -0.2) is 30.3 Å². The number of nitrogens with one attached hydrogen (secondary N) is 2. The van der Waals surface area contributed by atoms with Crippen molar-refractivity contribution in [2.75, 3.05) is 19.5 Å². The minimum atomic E-state index is -0.339. The van der Waals surface area contributed by atoms with E-state index in [-0.39, 0.29) is 5.91 Å². The van der Waals surface area contributed by atoms with Gasteiger partial charge in [-0.15, -0.1) is 5.10 Å². The first-order valence-corrected chi connectivity index (χ1v) is 6.46. The zero-order valence-corrected chi connectivity index (χ0v) is 11.9. The van der Waals surface area contributed by atoms with Crippen molar-refractivity contribution in [2.45, 2.75) is 0 Å². The molecule has 0 aliphatic heterocycles. The average molecular weight is 297 g/mol. The van der Waals surface area contributed by atoms with Crippen molar-refractivity contribution in [3.8, 4) is 11.5 Å². The summed E-state index contributed by atoms with van der Waals surface area (Å²) in [6, 6.07) is 5.07. The number of nitrogens with zero attached hydrogens (tertiary/aromatic N) is 1. The lowest BCUT2D eigenvalue weighted by atomic mass is 10.1. The van der Waals surface area contributed by atoms with E-state index in [4.69, 9.17) is 21.7 Å². The molecule has 0 aliphatic carbocycles. The van der Waals surface area contributed by atoms with Crippen LogP contribution in [-0.2, 0) is 0 Å². The maximum Gasteiger partial charge on any atom is 0.261 e. The van der Waals surface area contributed by atoms with Crippen LogP contribution in [0.4, 0.5) is 5.13 Å². The lowest BCUT2D eigenvalue weighted by molar-refractivity contribution is 0.102. The molecule has 1 heterocycles. The Kier molecular flexibility index (Phi) is 4.13. The first-order valence-electron chi connectivity index (χ1n) is 5.23. The summed E-state index contributed by atoms with van der Waals surface area (Å²) < 4.78 is 10.8. The van der Waals surface area contributed by atoms with Gasteiger partial charge < -0.3 is 9.47 Å². The van der Waals surface area contributed by atoms with Crippen molar-refractivity contribution in [1.29, 1.82) is 0 Å². The summed E-state index contributed by atoms with van der Waals surface area (Å²) in [5.41, 5.74) is 0.364. The van der Waals surface area contributed by atoms with Crippen LogP contribution >= 0.6 is 23.6 Å². The van der Waals surface area contributed by atoms with E-state index in [0.29, 0.717) is 26.1 Å². The van der Waals surface area contributed by atoms with Gasteiger partial charge in [0.15, 0.2) is 15.5 Å². The molecule has 6 nitrogen and oxygen atoms in total. The summed E-state index contributed by atoms with van der Waals surface area (Å²) in [6.45, 7) is 0. The van der Waals surface area contributed by atoms with E-state index in [2.05, 4.69) is 15.5 Å². The predicted octanol–water partition coefficient (Wildman–Crippen LogP) is 2.47. The molecule has 0 atom stereocenters. The SMILES string of the molecule is COc1cccc(C(=O)Nc2n[nH]c(=S)s2)c1OC. The fraction of sp³-hybridized carbons (Fsp3) is 0.182. The highest BCUT2D eigenvalue weighted by atomic mass is 32.1. The van der Waals surface area contributed by atoms with Crippen molar-refractivity contribution in [3.63, 3.8) is 0 Å². The quantitative estimate of drug-likeness (QED) is 0.848. The van der Waals surface area contributed by atoms with E-state index in [1.807, 2.05) is 0 Å². The molecule has 0 bridgehead atoms. The third kappa shape index (κ3) is 2.91. The maximum atomic E-state index is 12.1. The summed E-state index contributed by atoms with van der Waals surface area (Å²) >= 11 is 6.07. The van der Waals surface area contributed by atoms with Crippen LogP contribution in [0.15, 0.2) is 18.2 Å². The molecule has 1 amide bonds. The predicted molar refractivity (Wildman–Crippen MR) is 74.8 cm³/mol. The molecule has 1 aromatic heterocycles. The molecule has 8 heteroatoms. The minimum Gasteiger partial charge on any atom is -0.493 e. The van der Waals surface area contributed by atoms with Crippen LogP contribution in [0.1, 0.15) is 10.4 Å². The largest absolute Gasteiger partial charge is 0.493 e. The number of methoxy groups -OCH3 is 2. The normalized spacial score (nSPS) is 10.0. The topological polar surface area (TPSA) is 76.2 Å². The number of carbonyl (C=O) groups is 1. The van der Waals surface area contributed by atoms with Crippen LogP contribution in [0.5, 0.6) is 11.5 Å². The third-order valence-corrected chi connectivity index (χ3v) is 3.31. The lowest BCUT2D eigenvalue weighted by Gasteiger charge is -2.11. The third-order valence-electron chi connectivity index (χ3n) is 2.31. The van der Waals surface area contributed by atoms with E-state index in [1.165, 1.54) is 25.6 Å². The number of H-pyrrole nitrogens is 1. The summed E-state index contributed by atoms with van der Waals surface area (Å²) in [5, 5.41) is 9.50. The van der Waals surface area contributed by atoms with Crippen LogP contribution in [0.2, 0.25) is 0 Å². The zero-order chi connectivity index (χ0) is 13.8. The molecule has 0 radical (unpaired) electrons. The molecule has 0 aliphatic rings. The first-order chi connectivity index (χ1) is 9.15. The average Bonchev–Trinajstić information content (AvgIpc) is 2.82. The molecular formula is C11H11N3O3S2. The molecule has 2 rings (SSSR count). The highest BCUT2D eigenvalue weighted by molar-refractivity contribution is 7.73. The van der Waals surface area contributed by atoms with Crippen molar-refractivity contribution < 1.29 is 14.3 Å². The number of ether oxygens (including phenoxy) is 2. The molecule has 1 aromatic carbocycles. The molecule has 19 heavy (non-hydrogen) atoms. The van der Waals surface area contributed by atoms with Gasteiger partial charge in [0.2, 0.25) is 5.13 Å². The van der Waals surface area contributed by atoms with Crippen molar-refractivity contribution >= 4 is 34.6 Å². The number of benzene rings is 1. The monoisotopic (exact) mass is 297 g/mol. The molecule has 100 valence electrons. The second kappa shape index (κ2) is 5.81. The van der Waals surface area contributed by atoms with Crippen molar-refractivity contribution in [3.05, 3.63) is 27.7 Å². The summed E-state index contributed by atoms with van der Waals surface area (Å²) in [7, 11) is 2.99. The van der Waals surface area contributed by atoms with E-state index in [9.17, 15) is 4.79 Å². The van der Waals surface area contributed by atoms with Gasteiger partial charge in [0.25, 0.3) is 5.91 Å². The Bertz CT molecular complexity index is 651. The van der Waals surface area contributed by atoms with Crippen LogP contribution in [0.3, 0.4) is 0 Å². The van der Waals surface area contributed by atoms with E-state index < -0.39 is 0 Å². The van der Waals surface area contributed by atoms with E-state index in [0.717, 1.165) is 0 Å². The Morgan fingerprint density at radius 1 is 1.42 bits per heavy atom. The van der Waals surface area contributed by atoms with Crippen LogP contribution in [0.25, 0.3) is 0 Å². The standard InChI is InChI=1S/C11H11N3O3S2/c1-16-7-5-3-4-6(8(7)17-2)9(15)12-10-13-14-11(18)19-10/h3-5H,1-2H3,(H,14,18)(H,12,13,15). The van der Waals surface area contributed by atoms with Crippen LogP contribution in [0, 0.1) is 3.95 Å². The molecule has 0 unspecified atom stereocenters. The second-order valence-corrected chi connectivity index (χ2v) is 5.08. The van der Waals surface area contributed by atoms with Gasteiger partial charge >= 0.3 is 0 Å². The van der Waals surface area contributed by atoms with Crippen LogP contribution < -0.4 is 14.8 Å². The van der Waals surface area contributed by atoms with Gasteiger partial charge in [0.05, 0.1) is 19.8 Å². The highest BCUT2D eigenvalue weighted by Gasteiger charge is 2.17. The number of aromatic amines is 1. The second-order valence-electron chi connectivity index (χ2n) is 3.41.